The molecule has 2 heterocycles. The Bertz CT molecular complexity index is 313. The molecule has 0 fully saturated rings. The van der Waals surface area contributed by atoms with Crippen LogP contribution in [0.1, 0.15) is 0 Å². The summed E-state index contributed by atoms with van der Waals surface area (Å²) in [4.78, 5) is 0. The summed E-state index contributed by atoms with van der Waals surface area (Å²) in [5, 5.41) is 1.41. The van der Waals surface area contributed by atoms with Crippen LogP contribution in [0.3, 0.4) is 0 Å². The van der Waals surface area contributed by atoms with E-state index in [1.54, 1.807) is 0 Å². The summed E-state index contributed by atoms with van der Waals surface area (Å²) >= 11 is 0. The van der Waals surface area contributed by atoms with Gasteiger partial charge in [0.05, 0.1) is 5.69 Å². The molecule has 0 radical (unpaired) electrons. The van der Waals surface area contributed by atoms with Crippen molar-refractivity contribution in [3.63, 3.8) is 0 Å². The Morgan fingerprint density at radius 3 is 3.10 bits per heavy atom. The minimum Gasteiger partial charge on any atom is -0.350 e. The van der Waals surface area contributed by atoms with Crippen LogP contribution in [0.4, 0.5) is 0 Å². The molecule has 0 saturated carbocycles. The van der Waals surface area contributed by atoms with Gasteiger partial charge in [-0.05, 0) is 24.0 Å². The second kappa shape index (κ2) is 2.10. The Morgan fingerprint density at radius 1 is 1.40 bits per heavy atom. The predicted octanol–water partition coefficient (Wildman–Crippen LogP) is 2.71. The van der Waals surface area contributed by atoms with Gasteiger partial charge in [-0.3, -0.25) is 0 Å². The van der Waals surface area contributed by atoms with Crippen molar-refractivity contribution in [3.8, 4) is 11.0 Å². The number of pyridine rings is 1. The fourth-order valence-electron chi connectivity index (χ4n) is 1.11. The molecule has 0 aromatic heterocycles. The van der Waals surface area contributed by atoms with Gasteiger partial charge < -0.3 is 4.57 Å². The van der Waals surface area contributed by atoms with Gasteiger partial charge in [0.1, 0.15) is 0 Å². The van der Waals surface area contributed by atoms with E-state index in [1.807, 2.05) is 0 Å². The van der Waals surface area contributed by atoms with Crippen LogP contribution in [0, 0.1) is 0 Å². The molecule has 0 amide bonds. The van der Waals surface area contributed by atoms with Crippen molar-refractivity contribution in [3.05, 3.63) is 30.2 Å². The summed E-state index contributed by atoms with van der Waals surface area (Å²) in [5.41, 5.74) is 1.34. The van der Waals surface area contributed by atoms with Crippen molar-refractivity contribution in [2.45, 2.75) is 0 Å². The van der Waals surface area contributed by atoms with Crippen LogP contribution < -0.4 is 0 Å². The first-order valence-electron chi connectivity index (χ1n) is 3.24. The van der Waals surface area contributed by atoms with E-state index in [0.717, 1.165) is 0 Å². The second-order valence-corrected chi connectivity index (χ2v) is 3.37. The van der Waals surface area contributed by atoms with Crippen LogP contribution in [0.5, 0.6) is 0 Å². The van der Waals surface area contributed by atoms with Crippen molar-refractivity contribution in [2.24, 2.45) is 7.05 Å². The molecule has 0 aliphatic carbocycles. The highest BCUT2D eigenvalue weighted by Gasteiger charge is 2.01. The maximum atomic E-state index is 2.17. The third-order valence-electron chi connectivity index (χ3n) is 1.65. The van der Waals surface area contributed by atoms with Crippen LogP contribution in [-0.2, 0) is 7.05 Å². The second-order valence-electron chi connectivity index (χ2n) is 2.33. The van der Waals surface area contributed by atoms with Crippen LogP contribution in [0.25, 0.3) is 11.0 Å². The van der Waals surface area contributed by atoms with Gasteiger partial charge >= 0.3 is 0 Å². The van der Waals surface area contributed by atoms with E-state index in [2.05, 4.69) is 41.8 Å². The summed E-state index contributed by atoms with van der Waals surface area (Å²) in [6.07, 6.45) is 2.07. The third-order valence-corrected chi connectivity index (χ3v) is 2.61. The largest absolute Gasteiger partial charge is 0.350 e. The van der Waals surface area contributed by atoms with Crippen molar-refractivity contribution in [1.29, 1.82) is 0 Å². The van der Waals surface area contributed by atoms with Crippen molar-refractivity contribution < 1.29 is 0 Å². The normalized spacial score (nSPS) is 11.3. The Labute approximate surface area is 61.7 Å². The summed E-state index contributed by atoms with van der Waals surface area (Å²) in [5.74, 6) is 2.17. The molecule has 0 aromatic rings. The van der Waals surface area contributed by atoms with Gasteiger partial charge in [0.15, 0.2) is 0 Å². The molecule has 2 aliphatic heterocycles. The Balaban J connectivity index is 2.80. The van der Waals surface area contributed by atoms with Crippen molar-refractivity contribution in [2.75, 3.05) is 0 Å². The van der Waals surface area contributed by atoms with Crippen LogP contribution in [0.2, 0.25) is 0 Å². The Morgan fingerprint density at radius 2 is 2.30 bits per heavy atom. The number of nitrogens with zero attached hydrogens (tertiary/aromatic N) is 1. The van der Waals surface area contributed by atoms with E-state index < -0.39 is 0 Å². The van der Waals surface area contributed by atoms with Gasteiger partial charge in [0.2, 0.25) is 0 Å². The summed E-state index contributed by atoms with van der Waals surface area (Å²) in [6.45, 7) is 0. The molecule has 0 N–H and O–H groups in total. The van der Waals surface area contributed by atoms with Crippen LogP contribution in [0.15, 0.2) is 30.2 Å². The lowest BCUT2D eigenvalue weighted by Gasteiger charge is -2.03. The smallest absolute Gasteiger partial charge is 0.0527 e. The first kappa shape index (κ1) is 5.94. The highest BCUT2D eigenvalue weighted by Crippen LogP contribution is 2.30. The summed E-state index contributed by atoms with van der Waals surface area (Å²) in [6, 6.07) is 6.41. The fourth-order valence-corrected chi connectivity index (χ4v) is 2.02. The maximum Gasteiger partial charge on any atom is 0.0527 e. The van der Waals surface area contributed by atoms with E-state index in [1.165, 1.54) is 19.2 Å². The molecule has 0 saturated heterocycles. The summed E-state index contributed by atoms with van der Waals surface area (Å²) < 4.78 is 2.14. The zero-order valence-electron chi connectivity index (χ0n) is 5.78. The molecule has 2 rings (SSSR count). The standard InChI is InChI=1S/C8H8NP/c1-9-5-2-3-8-7(9)4-6-10-8/h2-6H,1H3. The first-order chi connectivity index (χ1) is 4.88. The van der Waals surface area contributed by atoms with Crippen LogP contribution >= 0.6 is 8.19 Å². The number of aryl methyl sites for hydroxylation is 1. The monoisotopic (exact) mass is 149 g/mol. The highest BCUT2D eigenvalue weighted by molar-refractivity contribution is 7.33. The molecule has 1 nitrogen and oxygen atoms in total. The topological polar surface area (TPSA) is 4.93 Å². The number of aromatic nitrogens is 1. The molecule has 0 atom stereocenters. The molecule has 0 spiro atoms. The fraction of sp³-hybridized carbons (Fsp3) is 0.125. The Hall–Kier alpha value is -0.810. The average molecular weight is 149 g/mol. The number of fused-ring (bicyclic) bond motifs is 1. The van der Waals surface area contributed by atoms with Gasteiger partial charge in [-0.25, -0.2) is 0 Å². The Kier molecular flexibility index (Phi) is 1.25. The van der Waals surface area contributed by atoms with Crippen LogP contribution in [-0.4, -0.2) is 4.57 Å². The van der Waals surface area contributed by atoms with Gasteiger partial charge in [-0.15, -0.1) is 0 Å². The van der Waals surface area contributed by atoms with E-state index >= 15 is 0 Å². The average Bonchev–Trinajstić information content (AvgIpc) is 2.36. The van der Waals surface area contributed by atoms with E-state index in [0.29, 0.717) is 0 Å². The molecule has 10 heavy (non-hydrogen) atoms. The molecular formula is C8H8NP. The quantitative estimate of drug-likeness (QED) is 0.542. The lowest BCUT2D eigenvalue weighted by Crippen LogP contribution is -1.91. The van der Waals surface area contributed by atoms with Gasteiger partial charge in [0, 0.05) is 18.5 Å². The van der Waals surface area contributed by atoms with Gasteiger partial charge in [-0.2, -0.15) is 0 Å². The minimum atomic E-state index is 1.33. The lowest BCUT2D eigenvalue weighted by molar-refractivity contribution is 0.918. The lowest BCUT2D eigenvalue weighted by atomic mass is 10.3. The van der Waals surface area contributed by atoms with E-state index in [-0.39, 0.29) is 0 Å². The highest BCUT2D eigenvalue weighted by atomic mass is 31.0. The molecule has 50 valence electrons. The zero-order chi connectivity index (χ0) is 6.97. The molecule has 0 aromatic carbocycles. The molecule has 0 unspecified atom stereocenters. The predicted molar refractivity (Wildman–Crippen MR) is 44.5 cm³/mol. The van der Waals surface area contributed by atoms with Gasteiger partial charge in [0.25, 0.3) is 0 Å². The van der Waals surface area contributed by atoms with E-state index in [4.69, 9.17) is 0 Å². The summed E-state index contributed by atoms with van der Waals surface area (Å²) in [7, 11) is 3.40. The van der Waals surface area contributed by atoms with Crippen molar-refractivity contribution in [1.82, 2.24) is 4.57 Å². The number of hydrogen-bond acceptors (Lipinski definition) is 0. The molecular weight excluding hydrogens is 141 g/mol. The minimum absolute atomic E-state index is 1.33. The number of hydrogen-bond donors (Lipinski definition) is 0. The maximum absolute atomic E-state index is 2.17. The zero-order valence-corrected chi connectivity index (χ0v) is 6.68. The molecule has 2 heteroatoms. The molecule has 0 bridgehead atoms. The first-order valence-corrected chi connectivity index (χ1v) is 4.20. The van der Waals surface area contributed by atoms with Crippen molar-refractivity contribution >= 4 is 8.19 Å². The third kappa shape index (κ3) is 0.748. The number of rotatable bonds is 0. The SMILES string of the molecule is Cn1cccc2pccc1-2. The molecule has 2 aliphatic rings. The van der Waals surface area contributed by atoms with Gasteiger partial charge in [-0.1, -0.05) is 8.19 Å². The van der Waals surface area contributed by atoms with E-state index in [9.17, 15) is 0 Å².